The quantitative estimate of drug-likeness (QED) is 0.765. The van der Waals surface area contributed by atoms with Gasteiger partial charge in [-0.05, 0) is 26.0 Å². The largest absolute Gasteiger partial charge is 0.484 e. The fourth-order valence-electron chi connectivity index (χ4n) is 1.15. The Balaban J connectivity index is 2.75. The summed E-state index contributed by atoms with van der Waals surface area (Å²) in [7, 11) is 0. The first-order valence-corrected chi connectivity index (χ1v) is 5.31. The van der Waals surface area contributed by atoms with Crippen molar-refractivity contribution in [3.05, 3.63) is 24.3 Å². The number of rotatable bonds is 6. The van der Waals surface area contributed by atoms with Crippen LogP contribution in [0.3, 0.4) is 0 Å². The predicted molar refractivity (Wildman–Crippen MR) is 60.8 cm³/mol. The second kappa shape index (κ2) is 6.35. The molecule has 2 atom stereocenters. The molecule has 0 aliphatic rings. The highest BCUT2D eigenvalue weighted by Crippen LogP contribution is 2.28. The number of aliphatic hydroxyl groups excluding tert-OH is 2. The average Bonchev–Trinajstić information content (AvgIpc) is 2.31. The smallest absolute Gasteiger partial charge is 0.161 e. The Morgan fingerprint density at radius 1 is 0.938 bits per heavy atom. The topological polar surface area (TPSA) is 58.9 Å². The molecular weight excluding hydrogens is 208 g/mol. The van der Waals surface area contributed by atoms with Crippen LogP contribution in [0, 0.1) is 0 Å². The number of benzene rings is 1. The molecule has 0 spiro atoms. The van der Waals surface area contributed by atoms with E-state index in [0.29, 0.717) is 11.5 Å². The van der Waals surface area contributed by atoms with Crippen LogP contribution < -0.4 is 9.47 Å². The van der Waals surface area contributed by atoms with E-state index in [9.17, 15) is 0 Å². The van der Waals surface area contributed by atoms with Gasteiger partial charge in [0, 0.05) is 0 Å². The molecule has 0 aliphatic carbocycles. The van der Waals surface area contributed by atoms with Gasteiger partial charge in [-0.25, -0.2) is 0 Å². The number of hydrogen-bond donors (Lipinski definition) is 2. The summed E-state index contributed by atoms with van der Waals surface area (Å²) in [6.45, 7) is 3.44. The molecule has 0 saturated heterocycles. The van der Waals surface area contributed by atoms with Crippen LogP contribution in [0.25, 0.3) is 0 Å². The molecule has 0 amide bonds. The standard InChI is InChI=1S/C12H18O4/c1-9(7-13)15-11-5-3-4-6-12(11)16-10(2)8-14/h3-6,9-10,13-14H,7-8H2,1-2H3. The number of ether oxygens (including phenoxy) is 2. The first kappa shape index (κ1) is 12.8. The van der Waals surface area contributed by atoms with E-state index in [1.165, 1.54) is 0 Å². The summed E-state index contributed by atoms with van der Waals surface area (Å²) in [5.74, 6) is 1.15. The number of hydrogen-bond acceptors (Lipinski definition) is 4. The zero-order valence-electron chi connectivity index (χ0n) is 9.59. The highest BCUT2D eigenvalue weighted by molar-refractivity contribution is 5.39. The zero-order valence-corrected chi connectivity index (χ0v) is 9.59. The van der Waals surface area contributed by atoms with E-state index in [-0.39, 0.29) is 25.4 Å². The number of para-hydroxylation sites is 2. The van der Waals surface area contributed by atoms with Crippen LogP contribution in [0.15, 0.2) is 24.3 Å². The van der Waals surface area contributed by atoms with Crippen LogP contribution in [0.2, 0.25) is 0 Å². The van der Waals surface area contributed by atoms with Crippen molar-refractivity contribution in [1.82, 2.24) is 0 Å². The summed E-state index contributed by atoms with van der Waals surface area (Å²) in [5, 5.41) is 17.8. The predicted octanol–water partition coefficient (Wildman–Crippen LogP) is 1.21. The Bertz CT molecular complexity index is 283. The van der Waals surface area contributed by atoms with Crippen molar-refractivity contribution < 1.29 is 19.7 Å². The third-order valence-electron chi connectivity index (χ3n) is 2.02. The minimum absolute atomic E-state index is 0.0517. The molecule has 0 saturated carbocycles. The van der Waals surface area contributed by atoms with E-state index < -0.39 is 0 Å². The van der Waals surface area contributed by atoms with Crippen molar-refractivity contribution in [2.24, 2.45) is 0 Å². The van der Waals surface area contributed by atoms with Gasteiger partial charge in [0.15, 0.2) is 11.5 Å². The Morgan fingerprint density at radius 3 is 1.62 bits per heavy atom. The summed E-state index contributed by atoms with van der Waals surface area (Å²) in [5.41, 5.74) is 0. The van der Waals surface area contributed by atoms with Gasteiger partial charge >= 0.3 is 0 Å². The molecule has 0 bridgehead atoms. The van der Waals surface area contributed by atoms with E-state index in [4.69, 9.17) is 19.7 Å². The Hall–Kier alpha value is -1.26. The summed E-state index contributed by atoms with van der Waals surface area (Å²) < 4.78 is 11.0. The SMILES string of the molecule is CC(CO)Oc1ccccc1OC(C)CO. The molecule has 1 aromatic rings. The van der Waals surface area contributed by atoms with Crippen molar-refractivity contribution in [2.45, 2.75) is 26.1 Å². The van der Waals surface area contributed by atoms with Gasteiger partial charge in [0.05, 0.1) is 13.2 Å². The van der Waals surface area contributed by atoms with E-state index in [1.807, 2.05) is 12.1 Å². The fraction of sp³-hybridized carbons (Fsp3) is 0.500. The monoisotopic (exact) mass is 226 g/mol. The van der Waals surface area contributed by atoms with Gasteiger partial charge in [-0.15, -0.1) is 0 Å². The van der Waals surface area contributed by atoms with Crippen LogP contribution in [0.5, 0.6) is 11.5 Å². The molecule has 16 heavy (non-hydrogen) atoms. The fourth-order valence-corrected chi connectivity index (χ4v) is 1.15. The molecule has 2 unspecified atom stereocenters. The highest BCUT2D eigenvalue weighted by atomic mass is 16.5. The van der Waals surface area contributed by atoms with Crippen LogP contribution in [0.1, 0.15) is 13.8 Å². The molecule has 90 valence electrons. The Kier molecular flexibility index (Phi) is 5.08. The first-order valence-electron chi connectivity index (χ1n) is 5.31. The lowest BCUT2D eigenvalue weighted by Crippen LogP contribution is -2.19. The van der Waals surface area contributed by atoms with Crippen molar-refractivity contribution >= 4 is 0 Å². The van der Waals surface area contributed by atoms with Crippen molar-refractivity contribution in [2.75, 3.05) is 13.2 Å². The highest BCUT2D eigenvalue weighted by Gasteiger charge is 2.10. The van der Waals surface area contributed by atoms with Crippen molar-refractivity contribution in [3.63, 3.8) is 0 Å². The van der Waals surface area contributed by atoms with Gasteiger partial charge in [0.1, 0.15) is 12.2 Å². The Labute approximate surface area is 95.4 Å². The third-order valence-corrected chi connectivity index (χ3v) is 2.02. The van der Waals surface area contributed by atoms with E-state index in [0.717, 1.165) is 0 Å². The molecule has 2 N–H and O–H groups in total. The zero-order chi connectivity index (χ0) is 12.0. The normalized spacial score (nSPS) is 14.2. The van der Waals surface area contributed by atoms with E-state index in [1.54, 1.807) is 26.0 Å². The van der Waals surface area contributed by atoms with Gasteiger partial charge in [-0.2, -0.15) is 0 Å². The van der Waals surface area contributed by atoms with Gasteiger partial charge in [0.2, 0.25) is 0 Å². The van der Waals surface area contributed by atoms with Crippen LogP contribution >= 0.6 is 0 Å². The lowest BCUT2D eigenvalue weighted by Gasteiger charge is -2.18. The van der Waals surface area contributed by atoms with Crippen LogP contribution in [0.4, 0.5) is 0 Å². The minimum atomic E-state index is -0.283. The number of aliphatic hydroxyl groups is 2. The lowest BCUT2D eigenvalue weighted by molar-refractivity contribution is 0.106. The second-order valence-electron chi connectivity index (χ2n) is 3.67. The molecule has 0 radical (unpaired) electrons. The first-order chi connectivity index (χ1) is 7.67. The van der Waals surface area contributed by atoms with Crippen LogP contribution in [-0.2, 0) is 0 Å². The maximum atomic E-state index is 8.91. The molecule has 1 aromatic carbocycles. The van der Waals surface area contributed by atoms with Gasteiger partial charge in [-0.1, -0.05) is 12.1 Å². The van der Waals surface area contributed by atoms with E-state index >= 15 is 0 Å². The molecule has 1 rings (SSSR count). The molecule has 4 heteroatoms. The molecule has 0 heterocycles. The maximum Gasteiger partial charge on any atom is 0.161 e. The molecular formula is C12H18O4. The van der Waals surface area contributed by atoms with E-state index in [2.05, 4.69) is 0 Å². The van der Waals surface area contributed by atoms with Crippen LogP contribution in [-0.4, -0.2) is 35.6 Å². The molecule has 0 aliphatic heterocycles. The van der Waals surface area contributed by atoms with Crippen molar-refractivity contribution in [1.29, 1.82) is 0 Å². The average molecular weight is 226 g/mol. The summed E-state index contributed by atoms with van der Waals surface area (Å²) in [6.07, 6.45) is -0.566. The van der Waals surface area contributed by atoms with Gasteiger partial charge in [0.25, 0.3) is 0 Å². The van der Waals surface area contributed by atoms with Gasteiger partial charge in [-0.3, -0.25) is 0 Å². The third kappa shape index (κ3) is 3.72. The second-order valence-corrected chi connectivity index (χ2v) is 3.67. The Morgan fingerprint density at radius 2 is 1.31 bits per heavy atom. The summed E-state index contributed by atoms with van der Waals surface area (Å²) >= 11 is 0. The molecule has 4 nitrogen and oxygen atoms in total. The maximum absolute atomic E-state index is 8.91. The van der Waals surface area contributed by atoms with Crippen molar-refractivity contribution in [3.8, 4) is 11.5 Å². The minimum Gasteiger partial charge on any atom is -0.484 e. The molecule has 0 fully saturated rings. The lowest BCUT2D eigenvalue weighted by atomic mass is 10.3. The summed E-state index contributed by atoms with van der Waals surface area (Å²) in [4.78, 5) is 0. The molecule has 0 aromatic heterocycles. The van der Waals surface area contributed by atoms with Gasteiger partial charge < -0.3 is 19.7 Å². The summed E-state index contributed by atoms with van der Waals surface area (Å²) in [6, 6.07) is 7.20.